The highest BCUT2D eigenvalue weighted by atomic mass is 79.9. The van der Waals surface area contributed by atoms with E-state index in [9.17, 15) is 4.79 Å². The van der Waals surface area contributed by atoms with Crippen molar-refractivity contribution in [3.8, 4) is 11.8 Å². The molecular formula is C28H31BrClN7O3. The van der Waals surface area contributed by atoms with Gasteiger partial charge in [-0.05, 0) is 78.7 Å². The van der Waals surface area contributed by atoms with Crippen molar-refractivity contribution in [2.24, 2.45) is 0 Å². The summed E-state index contributed by atoms with van der Waals surface area (Å²) in [6.07, 6.45) is 9.04. The van der Waals surface area contributed by atoms with Gasteiger partial charge in [0.1, 0.15) is 11.8 Å². The molecule has 2 aliphatic rings. The van der Waals surface area contributed by atoms with Crippen molar-refractivity contribution < 1.29 is 14.3 Å². The van der Waals surface area contributed by atoms with Gasteiger partial charge in [-0.25, -0.2) is 0 Å². The van der Waals surface area contributed by atoms with Gasteiger partial charge in [0.15, 0.2) is 11.5 Å². The number of anilines is 1. The Hall–Kier alpha value is -3.20. The number of hydrogen-bond acceptors (Lipinski definition) is 8. The van der Waals surface area contributed by atoms with Crippen LogP contribution in [0, 0.1) is 11.3 Å². The fraction of sp³-hybridized carbons (Fsp3) is 0.464. The van der Waals surface area contributed by atoms with Crippen LogP contribution >= 0.6 is 27.5 Å². The summed E-state index contributed by atoms with van der Waals surface area (Å²) in [5.41, 5.74) is 0.746. The number of ether oxygens (including phenoxy) is 2. The van der Waals surface area contributed by atoms with Gasteiger partial charge in [0.25, 0.3) is 5.91 Å². The average molecular weight is 629 g/mol. The minimum absolute atomic E-state index is 0.0459. The smallest absolute Gasteiger partial charge is 0.272 e. The van der Waals surface area contributed by atoms with Gasteiger partial charge in [0, 0.05) is 31.4 Å². The lowest BCUT2D eigenvalue weighted by Gasteiger charge is -2.32. The lowest BCUT2D eigenvalue weighted by Crippen LogP contribution is -2.40. The molecule has 2 fully saturated rings. The fourth-order valence-corrected chi connectivity index (χ4v) is 5.62. The van der Waals surface area contributed by atoms with Gasteiger partial charge in [-0.15, -0.1) is 10.2 Å². The normalized spacial score (nSPS) is 19.7. The lowest BCUT2D eigenvalue weighted by atomic mass is 9.93. The van der Waals surface area contributed by atoms with Crippen LogP contribution in [-0.4, -0.2) is 63.8 Å². The van der Waals surface area contributed by atoms with E-state index in [2.05, 4.69) is 41.4 Å². The average Bonchev–Trinajstić information content (AvgIpc) is 3.39. The maximum atomic E-state index is 12.8. The molecule has 0 unspecified atom stereocenters. The standard InChI is InChI=1S/C28H31BrClN7O3/c29-20-17-32-37(18-20)13-14-39-22-9-11-36(12-10-22)27-8-7-26(34-35-27)28(38)33-21-2-5-23(6-3-21)40-24-4-1-19(16-31)25(30)15-24/h1,4,7-8,15,17-18,21-23H,2-3,5-6,9-14H2,(H,33,38). The number of nitrogens with zero attached hydrogens (tertiary/aromatic N) is 6. The van der Waals surface area contributed by atoms with Crippen molar-refractivity contribution in [2.45, 2.75) is 63.3 Å². The predicted molar refractivity (Wildman–Crippen MR) is 153 cm³/mol. The number of piperidine rings is 1. The Morgan fingerprint density at radius 3 is 2.55 bits per heavy atom. The summed E-state index contributed by atoms with van der Waals surface area (Å²) in [5, 5.41) is 25.3. The number of hydrogen-bond donors (Lipinski definition) is 1. The number of nitrogens with one attached hydrogen (secondary N) is 1. The molecule has 40 heavy (non-hydrogen) atoms. The van der Waals surface area contributed by atoms with Crippen LogP contribution in [0.3, 0.4) is 0 Å². The molecule has 1 aromatic carbocycles. The molecule has 1 saturated carbocycles. The minimum atomic E-state index is -0.210. The predicted octanol–water partition coefficient (Wildman–Crippen LogP) is 4.77. The molecule has 1 aliphatic carbocycles. The number of halogens is 2. The molecule has 1 N–H and O–H groups in total. The Kier molecular flexibility index (Phi) is 9.52. The van der Waals surface area contributed by atoms with E-state index in [4.69, 9.17) is 26.3 Å². The Balaban J connectivity index is 1.02. The summed E-state index contributed by atoms with van der Waals surface area (Å²) in [6, 6.07) is 10.8. The van der Waals surface area contributed by atoms with Crippen LogP contribution in [0.25, 0.3) is 0 Å². The molecule has 210 valence electrons. The van der Waals surface area contributed by atoms with Gasteiger partial charge >= 0.3 is 0 Å². The van der Waals surface area contributed by atoms with Gasteiger partial charge in [-0.2, -0.15) is 10.4 Å². The number of benzene rings is 1. The third-order valence-corrected chi connectivity index (χ3v) is 8.02. The molecule has 1 aliphatic heterocycles. The first-order valence-electron chi connectivity index (χ1n) is 13.5. The van der Waals surface area contributed by atoms with Crippen LogP contribution in [0.15, 0.2) is 47.2 Å². The number of carbonyl (C=O) groups excluding carboxylic acids is 1. The molecule has 10 nitrogen and oxygen atoms in total. The quantitative estimate of drug-likeness (QED) is 0.360. The van der Waals surface area contributed by atoms with Gasteiger partial charge < -0.3 is 19.7 Å². The van der Waals surface area contributed by atoms with Crippen molar-refractivity contribution in [1.29, 1.82) is 5.26 Å². The Morgan fingerprint density at radius 1 is 1.10 bits per heavy atom. The summed E-state index contributed by atoms with van der Waals surface area (Å²) in [4.78, 5) is 15.0. The van der Waals surface area contributed by atoms with Crippen molar-refractivity contribution in [3.05, 3.63) is 63.5 Å². The van der Waals surface area contributed by atoms with Crippen molar-refractivity contribution in [1.82, 2.24) is 25.3 Å². The Morgan fingerprint density at radius 2 is 1.90 bits per heavy atom. The second kappa shape index (κ2) is 13.4. The van der Waals surface area contributed by atoms with Crippen LogP contribution in [0.5, 0.6) is 5.75 Å². The molecule has 3 aromatic rings. The number of nitriles is 1. The van der Waals surface area contributed by atoms with E-state index < -0.39 is 0 Å². The van der Waals surface area contributed by atoms with Gasteiger partial charge in [-0.3, -0.25) is 9.48 Å². The van der Waals surface area contributed by atoms with Crippen molar-refractivity contribution in [2.75, 3.05) is 24.6 Å². The molecule has 0 spiro atoms. The molecule has 1 saturated heterocycles. The largest absolute Gasteiger partial charge is 0.490 e. The van der Waals surface area contributed by atoms with Gasteiger partial charge in [0.2, 0.25) is 0 Å². The van der Waals surface area contributed by atoms with Crippen molar-refractivity contribution in [3.63, 3.8) is 0 Å². The molecule has 0 radical (unpaired) electrons. The van der Waals surface area contributed by atoms with Crippen molar-refractivity contribution >= 4 is 39.3 Å². The van der Waals surface area contributed by atoms with E-state index in [0.717, 1.165) is 68.4 Å². The number of carbonyl (C=O) groups is 1. The summed E-state index contributed by atoms with van der Waals surface area (Å²) in [5.74, 6) is 1.22. The van der Waals surface area contributed by atoms with E-state index in [1.54, 1.807) is 30.5 Å². The highest BCUT2D eigenvalue weighted by Gasteiger charge is 2.25. The molecule has 12 heteroatoms. The zero-order chi connectivity index (χ0) is 27.9. The zero-order valence-electron chi connectivity index (χ0n) is 22.0. The molecule has 0 atom stereocenters. The first-order chi connectivity index (χ1) is 19.5. The van der Waals surface area contributed by atoms with Crippen LogP contribution in [0.1, 0.15) is 54.6 Å². The van der Waals surface area contributed by atoms with Crippen LogP contribution in [0.2, 0.25) is 5.02 Å². The summed E-state index contributed by atoms with van der Waals surface area (Å²) < 4.78 is 14.9. The summed E-state index contributed by atoms with van der Waals surface area (Å²) >= 11 is 9.51. The zero-order valence-corrected chi connectivity index (χ0v) is 24.4. The first kappa shape index (κ1) is 28.3. The molecule has 5 rings (SSSR count). The maximum absolute atomic E-state index is 12.8. The van der Waals surface area contributed by atoms with Gasteiger partial charge in [0.05, 0.1) is 46.6 Å². The third-order valence-electron chi connectivity index (χ3n) is 7.30. The monoisotopic (exact) mass is 627 g/mol. The number of rotatable bonds is 9. The highest BCUT2D eigenvalue weighted by Crippen LogP contribution is 2.27. The fourth-order valence-electron chi connectivity index (χ4n) is 5.08. The highest BCUT2D eigenvalue weighted by molar-refractivity contribution is 9.10. The molecule has 1 amide bonds. The second-order valence-corrected chi connectivity index (χ2v) is 11.4. The number of amides is 1. The Bertz CT molecular complexity index is 1330. The summed E-state index contributed by atoms with van der Waals surface area (Å²) in [6.45, 7) is 3.02. The molecule has 0 bridgehead atoms. The second-order valence-electron chi connectivity index (χ2n) is 10.1. The molecular weight excluding hydrogens is 598 g/mol. The topological polar surface area (TPSA) is 118 Å². The van der Waals surface area contributed by atoms with E-state index in [-0.39, 0.29) is 24.2 Å². The van der Waals surface area contributed by atoms with E-state index in [0.29, 0.717) is 28.6 Å². The van der Waals surface area contributed by atoms with Crippen LogP contribution in [0.4, 0.5) is 5.82 Å². The SMILES string of the molecule is N#Cc1ccc(OC2CCC(NC(=O)c3ccc(N4CCC(OCCn5cc(Br)cn5)CC4)nn3)CC2)cc1Cl. The molecule has 3 heterocycles. The van der Waals surface area contributed by atoms with Crippen LogP contribution < -0.4 is 15.0 Å². The Labute approximate surface area is 246 Å². The van der Waals surface area contributed by atoms with E-state index in [1.165, 1.54) is 0 Å². The van der Waals surface area contributed by atoms with E-state index >= 15 is 0 Å². The molecule has 2 aromatic heterocycles. The maximum Gasteiger partial charge on any atom is 0.272 e. The van der Waals surface area contributed by atoms with Gasteiger partial charge in [-0.1, -0.05) is 11.6 Å². The lowest BCUT2D eigenvalue weighted by molar-refractivity contribution is 0.0310. The van der Waals surface area contributed by atoms with Crippen LogP contribution in [-0.2, 0) is 11.3 Å². The first-order valence-corrected chi connectivity index (χ1v) is 14.7. The minimum Gasteiger partial charge on any atom is -0.490 e. The third kappa shape index (κ3) is 7.50. The number of aromatic nitrogens is 4. The summed E-state index contributed by atoms with van der Waals surface area (Å²) in [7, 11) is 0. The van der Waals surface area contributed by atoms with E-state index in [1.807, 2.05) is 23.0 Å².